The van der Waals surface area contributed by atoms with Crippen LogP contribution in [0.2, 0.25) is 0 Å². The number of nitrogens with two attached hydrogens (primary N) is 2. The van der Waals surface area contributed by atoms with E-state index in [9.17, 15) is 44.7 Å². The smallest absolute Gasteiger partial charge is 0.252 e. The van der Waals surface area contributed by atoms with Gasteiger partial charge in [-0.15, -0.1) is 0 Å². The first kappa shape index (κ1) is 51.7. The molecule has 1 unspecified atom stereocenters. The summed E-state index contributed by atoms with van der Waals surface area (Å²) in [6.07, 6.45) is 17.1. The molecule has 79 heavy (non-hydrogen) atoms. The maximum atomic E-state index is 12.8. The minimum absolute atomic E-state index is 0.0180. The average Bonchev–Trinajstić information content (AvgIpc) is 3.80. The van der Waals surface area contributed by atoms with Gasteiger partial charge in [-0.25, -0.2) is 4.85 Å². The van der Waals surface area contributed by atoms with Crippen LogP contribution >= 0.6 is 0 Å². The zero-order valence-corrected chi connectivity index (χ0v) is 45.3. The molecule has 16 heteroatoms. The summed E-state index contributed by atoms with van der Waals surface area (Å²) in [5.74, 6) is 1.65. The number of benzene rings is 3. The second-order valence-corrected chi connectivity index (χ2v) is 26.8. The van der Waals surface area contributed by atoms with E-state index in [1.807, 2.05) is 24.3 Å². The van der Waals surface area contributed by atoms with E-state index in [-0.39, 0.29) is 58.7 Å². The van der Waals surface area contributed by atoms with Gasteiger partial charge in [0.2, 0.25) is 5.69 Å². The predicted octanol–water partition coefficient (Wildman–Crippen LogP) is 5.70. The molecule has 0 aromatic heterocycles. The van der Waals surface area contributed by atoms with Gasteiger partial charge in [0.15, 0.2) is 11.9 Å². The number of likely N-dealkylation sites (tertiary alicyclic amines) is 3. The van der Waals surface area contributed by atoms with Crippen LogP contribution in [0.5, 0.6) is 17.2 Å². The molecule has 3 aromatic rings. The highest BCUT2D eigenvalue weighted by atomic mass is 16.5. The summed E-state index contributed by atoms with van der Waals surface area (Å²) in [6.45, 7) is 13.3. The second-order valence-electron chi connectivity index (χ2n) is 26.8. The lowest BCUT2D eigenvalue weighted by Crippen LogP contribution is -2.76. The molecule has 1 spiro atoms. The maximum absolute atomic E-state index is 12.8. The number of ether oxygens (including phenoxy) is 1. The van der Waals surface area contributed by atoms with Crippen LogP contribution in [-0.4, -0.2) is 144 Å². The minimum atomic E-state index is -1.06. The average molecular weight is 1080 g/mol. The van der Waals surface area contributed by atoms with Crippen molar-refractivity contribution in [2.45, 2.75) is 192 Å². The fraction of sp³-hybridized carbons (Fsp3) is 0.635. The number of fused-ring (bicyclic) bond motifs is 2. The SMILES string of the molecule is NC(=O)c1ccc2c(c1O)[C@@]13CCCC[C@@]1(O)[C@@H](C2)N(CC1CC1)CC3.NC(=O)c1ccc2c(c1O)[C@]13CCN(CC4CC4)[C@H](C2)[C@]1(O)CCC(=O)C3.[C-]#[N+]c1ccc2c3c1OC1C(=O)CC[C@@]4(O)[C@@H](C2)N(CC2CC2)CC[C@]314. The van der Waals surface area contributed by atoms with Gasteiger partial charge in [-0.2, -0.15) is 0 Å². The molecule has 9 N–H and O–H groups in total. The Hall–Kier alpha value is -5.41. The number of Topliss-reactive ketones (excluding diaryl/α,β-unsaturated/α-hetero) is 2. The van der Waals surface area contributed by atoms with Crippen molar-refractivity contribution in [3.05, 3.63) is 92.3 Å². The number of rotatable bonds is 8. The maximum Gasteiger partial charge on any atom is 0.252 e. The molecular formula is C63H76N6O10. The third-order valence-electron chi connectivity index (χ3n) is 22.9. The van der Waals surface area contributed by atoms with Crippen molar-refractivity contribution in [2.24, 2.45) is 29.2 Å². The van der Waals surface area contributed by atoms with Crippen molar-refractivity contribution >= 4 is 29.1 Å². The highest BCUT2D eigenvalue weighted by Crippen LogP contribution is 2.66. The zero-order chi connectivity index (χ0) is 54.8. The van der Waals surface area contributed by atoms with Gasteiger partial charge in [0.25, 0.3) is 11.8 Å². The predicted molar refractivity (Wildman–Crippen MR) is 291 cm³/mol. The Balaban J connectivity index is 0.000000107. The van der Waals surface area contributed by atoms with Gasteiger partial charge < -0.3 is 41.7 Å². The summed E-state index contributed by atoms with van der Waals surface area (Å²) < 4.78 is 6.16. The van der Waals surface area contributed by atoms with Crippen LogP contribution in [0.3, 0.4) is 0 Å². The molecule has 3 aromatic carbocycles. The van der Waals surface area contributed by atoms with Gasteiger partial charge >= 0.3 is 0 Å². The van der Waals surface area contributed by atoms with Gasteiger partial charge in [0, 0.05) is 79.0 Å². The highest BCUT2D eigenvalue weighted by Gasteiger charge is 2.73. The third kappa shape index (κ3) is 7.37. The largest absolute Gasteiger partial charge is 0.507 e. The van der Waals surface area contributed by atoms with Gasteiger partial charge in [-0.05, 0) is 175 Å². The van der Waals surface area contributed by atoms with Crippen molar-refractivity contribution in [3.63, 3.8) is 0 Å². The quantitative estimate of drug-likeness (QED) is 0.134. The number of hydrogen-bond donors (Lipinski definition) is 7. The summed E-state index contributed by atoms with van der Waals surface area (Å²) in [5, 5.41) is 57.9. The third-order valence-corrected chi connectivity index (χ3v) is 22.9. The van der Waals surface area contributed by atoms with Crippen LogP contribution in [0.4, 0.5) is 5.69 Å². The summed E-state index contributed by atoms with van der Waals surface area (Å²) in [6, 6.07) is 11.0. The molecular weight excluding hydrogens is 1000 g/mol. The lowest BCUT2D eigenvalue weighted by atomic mass is 9.49. The van der Waals surface area contributed by atoms with Crippen LogP contribution in [0.1, 0.15) is 170 Å². The summed E-state index contributed by atoms with van der Waals surface area (Å²) >= 11 is 0. The molecule has 16 nitrogen and oxygen atoms in total. The molecule has 2 amide bonds. The van der Waals surface area contributed by atoms with Crippen LogP contribution in [0.25, 0.3) is 4.85 Å². The van der Waals surface area contributed by atoms with Crippen LogP contribution in [0.15, 0.2) is 36.4 Å². The van der Waals surface area contributed by atoms with E-state index in [0.29, 0.717) is 55.5 Å². The number of primary amides is 2. The Morgan fingerprint density at radius 2 is 1.06 bits per heavy atom. The molecule has 3 saturated heterocycles. The van der Waals surface area contributed by atoms with Crippen molar-refractivity contribution in [1.29, 1.82) is 0 Å². The number of aliphatic hydroxyl groups is 3. The monoisotopic (exact) mass is 1080 g/mol. The lowest BCUT2D eigenvalue weighted by Gasteiger charge is -2.64. The van der Waals surface area contributed by atoms with E-state index < -0.39 is 51.0 Å². The Bertz CT molecular complexity index is 3170. The molecule has 6 bridgehead atoms. The van der Waals surface area contributed by atoms with Crippen molar-refractivity contribution in [2.75, 3.05) is 39.3 Å². The Kier molecular flexibility index (Phi) is 11.8. The molecule has 6 saturated carbocycles. The van der Waals surface area contributed by atoms with Crippen LogP contribution in [0, 0.1) is 24.3 Å². The fourth-order valence-electron chi connectivity index (χ4n) is 18.7. The van der Waals surface area contributed by atoms with E-state index in [1.165, 1.54) is 44.1 Å². The van der Waals surface area contributed by atoms with Crippen LogP contribution < -0.4 is 16.2 Å². The van der Waals surface area contributed by atoms with E-state index in [4.69, 9.17) is 22.8 Å². The van der Waals surface area contributed by atoms with Crippen molar-refractivity contribution in [1.82, 2.24) is 14.7 Å². The number of nitrogens with zero attached hydrogens (tertiary/aromatic N) is 4. The normalized spacial score (nSPS) is 37.2. The molecule has 9 aliphatic carbocycles. The Labute approximate surface area is 461 Å². The Morgan fingerprint density at radius 1 is 0.595 bits per heavy atom. The number of hydrogen-bond acceptors (Lipinski definition) is 13. The molecule has 418 valence electrons. The first-order valence-corrected chi connectivity index (χ1v) is 29.8. The number of phenols is 2. The van der Waals surface area contributed by atoms with E-state index in [0.717, 1.165) is 131 Å². The van der Waals surface area contributed by atoms with Gasteiger partial charge in [-0.1, -0.05) is 37.1 Å². The second kappa shape index (κ2) is 18.0. The number of carbonyl (C=O) groups is 4. The molecule has 10 atom stereocenters. The van der Waals surface area contributed by atoms with Gasteiger partial charge in [0.1, 0.15) is 23.0 Å². The molecule has 16 rings (SSSR count). The minimum Gasteiger partial charge on any atom is -0.507 e. The summed E-state index contributed by atoms with van der Waals surface area (Å²) in [4.78, 5) is 59.9. The Morgan fingerprint density at radius 3 is 1.61 bits per heavy atom. The topological polar surface area (TPSA) is 245 Å². The molecule has 13 aliphatic rings. The number of piperidine rings is 3. The first-order chi connectivity index (χ1) is 37.9. The number of aromatic hydroxyl groups is 2. The van der Waals surface area contributed by atoms with Crippen LogP contribution in [-0.2, 0) is 45.1 Å². The summed E-state index contributed by atoms with van der Waals surface area (Å²) in [5.41, 5.74) is 12.5. The molecule has 0 radical (unpaired) electrons. The molecule has 9 fully saturated rings. The van der Waals surface area contributed by atoms with E-state index >= 15 is 0 Å². The standard InChI is InChI=1S/C21H26N2O4.C21H22N2O3.C21H28N2O3/c22-19(26)15-4-3-13-9-16-21(27)6-5-14(24)10-20(21,17(13)18(15)25)7-8-23(16)11-12-1-2-12;1-22-14-5-4-13-10-16-21(25)7-6-15(24)19-20(21,17(13)18(14)26-19)8-9-23(16)11-12-2-3-12;22-19(25)15-6-5-14-11-16-21(26)8-2-1-7-20(21,17(14)18(15)24)9-10-23(16)12-13-3-4-13/h3-4,12,16,25,27H,1-2,5-11H2,(H2,22,26);4-5,12,16,19,25H,2-3,6-11H2;5-6,13,16,24,26H,1-4,7-12H2,(H2,22,25)/t16-,20-,21-;16-,19?,20+,21-;16-,20+,21-/m111/s1. The van der Waals surface area contributed by atoms with Gasteiger partial charge in [-0.3, -0.25) is 33.9 Å². The fourth-order valence-corrected chi connectivity index (χ4v) is 18.7. The molecule has 4 aliphatic heterocycles. The number of ketones is 2. The van der Waals surface area contributed by atoms with Crippen molar-refractivity contribution < 1.29 is 49.4 Å². The van der Waals surface area contributed by atoms with Gasteiger partial charge in [0.05, 0.1) is 39.9 Å². The van der Waals surface area contributed by atoms with E-state index in [1.54, 1.807) is 12.1 Å². The number of amides is 2. The molecule has 4 heterocycles. The van der Waals surface area contributed by atoms with Crippen molar-refractivity contribution in [3.8, 4) is 17.2 Å². The zero-order valence-electron chi connectivity index (χ0n) is 45.3. The highest BCUT2D eigenvalue weighted by molar-refractivity contribution is 5.97. The van der Waals surface area contributed by atoms with E-state index in [2.05, 4.69) is 19.5 Å². The number of carbonyl (C=O) groups excluding carboxylic acids is 4. The summed E-state index contributed by atoms with van der Waals surface area (Å²) in [7, 11) is 0. The lowest BCUT2D eigenvalue weighted by molar-refractivity contribution is -0.188. The first-order valence-electron chi connectivity index (χ1n) is 29.8.